The van der Waals surface area contributed by atoms with Crippen LogP contribution in [0, 0.1) is 12.8 Å². The Kier molecular flexibility index (Phi) is 4.56. The first kappa shape index (κ1) is 14.8. The Balaban J connectivity index is 1.57. The van der Waals surface area contributed by atoms with Gasteiger partial charge in [0.15, 0.2) is 0 Å². The van der Waals surface area contributed by atoms with Gasteiger partial charge < -0.3 is 10.2 Å². The summed E-state index contributed by atoms with van der Waals surface area (Å²) < 4.78 is 0. The average Bonchev–Trinajstić information content (AvgIpc) is 2.54. The van der Waals surface area contributed by atoms with Crippen LogP contribution in [0.2, 0.25) is 0 Å². The van der Waals surface area contributed by atoms with Crippen molar-refractivity contribution in [3.63, 3.8) is 0 Å². The van der Waals surface area contributed by atoms with Gasteiger partial charge in [0.25, 0.3) is 0 Å². The van der Waals surface area contributed by atoms with Crippen LogP contribution in [0.15, 0.2) is 36.7 Å². The number of piperidine rings is 1. The molecule has 22 heavy (non-hydrogen) atoms. The summed E-state index contributed by atoms with van der Waals surface area (Å²) in [4.78, 5) is 11.0. The zero-order valence-corrected chi connectivity index (χ0v) is 13.4. The van der Waals surface area contributed by atoms with Crippen molar-refractivity contribution in [3.05, 3.63) is 47.9 Å². The van der Waals surface area contributed by atoms with Gasteiger partial charge >= 0.3 is 0 Å². The molecule has 1 aromatic heterocycles. The first-order valence-corrected chi connectivity index (χ1v) is 8.07. The molecule has 0 unspecified atom stereocenters. The molecule has 116 valence electrons. The predicted molar refractivity (Wildman–Crippen MR) is 91.1 cm³/mol. The Bertz CT molecular complexity index is 601. The SMILES string of the molecule is Cc1cncc(NCc2ccc(N3CCC(C)CC3)cc2)n1. The van der Waals surface area contributed by atoms with Crippen molar-refractivity contribution in [2.45, 2.75) is 33.2 Å². The molecule has 0 radical (unpaired) electrons. The normalized spacial score (nSPS) is 15.8. The maximum absolute atomic E-state index is 4.40. The molecule has 4 heteroatoms. The summed E-state index contributed by atoms with van der Waals surface area (Å²) in [6, 6.07) is 8.86. The van der Waals surface area contributed by atoms with Crippen LogP contribution in [-0.4, -0.2) is 23.1 Å². The van der Waals surface area contributed by atoms with Gasteiger partial charge in [-0.1, -0.05) is 19.1 Å². The van der Waals surface area contributed by atoms with Crippen molar-refractivity contribution in [2.24, 2.45) is 5.92 Å². The lowest BCUT2D eigenvalue weighted by atomic mass is 9.99. The highest BCUT2D eigenvalue weighted by Crippen LogP contribution is 2.23. The molecule has 4 nitrogen and oxygen atoms in total. The summed E-state index contributed by atoms with van der Waals surface area (Å²) >= 11 is 0. The fraction of sp³-hybridized carbons (Fsp3) is 0.444. The molecule has 0 amide bonds. The second-order valence-corrected chi connectivity index (χ2v) is 6.24. The second-order valence-electron chi connectivity index (χ2n) is 6.24. The zero-order chi connectivity index (χ0) is 15.4. The number of nitrogens with one attached hydrogen (secondary N) is 1. The molecule has 0 aliphatic carbocycles. The van der Waals surface area contributed by atoms with Gasteiger partial charge in [-0.25, -0.2) is 4.98 Å². The molecular weight excluding hydrogens is 272 g/mol. The van der Waals surface area contributed by atoms with Gasteiger partial charge in [0.2, 0.25) is 0 Å². The standard InChI is InChI=1S/C18H24N4/c1-14-7-9-22(10-8-14)17-5-3-16(4-6-17)12-20-18-13-19-11-15(2)21-18/h3-6,11,13-14H,7-10,12H2,1-2H3,(H,20,21). The Morgan fingerprint density at radius 3 is 2.55 bits per heavy atom. The van der Waals surface area contributed by atoms with Gasteiger partial charge in [-0.05, 0) is 43.4 Å². The van der Waals surface area contributed by atoms with Crippen molar-refractivity contribution in [1.82, 2.24) is 9.97 Å². The zero-order valence-electron chi connectivity index (χ0n) is 13.4. The maximum atomic E-state index is 4.40. The van der Waals surface area contributed by atoms with E-state index in [0.717, 1.165) is 24.0 Å². The van der Waals surface area contributed by atoms with Crippen molar-refractivity contribution in [3.8, 4) is 0 Å². The highest BCUT2D eigenvalue weighted by Gasteiger charge is 2.15. The van der Waals surface area contributed by atoms with E-state index in [9.17, 15) is 0 Å². The lowest BCUT2D eigenvalue weighted by Gasteiger charge is -2.32. The third kappa shape index (κ3) is 3.75. The molecule has 2 aromatic rings. The summed E-state index contributed by atoms with van der Waals surface area (Å²) in [5.74, 6) is 1.70. The third-order valence-electron chi connectivity index (χ3n) is 4.31. The molecule has 0 spiro atoms. The number of hydrogen-bond acceptors (Lipinski definition) is 4. The number of aromatic nitrogens is 2. The smallest absolute Gasteiger partial charge is 0.145 e. The van der Waals surface area contributed by atoms with Crippen LogP contribution < -0.4 is 10.2 Å². The quantitative estimate of drug-likeness (QED) is 0.935. The molecule has 0 bridgehead atoms. The third-order valence-corrected chi connectivity index (χ3v) is 4.31. The van der Waals surface area contributed by atoms with Crippen LogP contribution in [0.4, 0.5) is 11.5 Å². The lowest BCUT2D eigenvalue weighted by molar-refractivity contribution is 0.438. The van der Waals surface area contributed by atoms with Crippen LogP contribution in [-0.2, 0) is 6.54 Å². The molecule has 0 saturated carbocycles. The molecular formula is C18H24N4. The topological polar surface area (TPSA) is 41.1 Å². The van der Waals surface area contributed by atoms with Gasteiger partial charge in [0.1, 0.15) is 5.82 Å². The van der Waals surface area contributed by atoms with Gasteiger partial charge in [0, 0.05) is 31.5 Å². The van der Waals surface area contributed by atoms with Gasteiger partial charge in [-0.3, -0.25) is 4.98 Å². The largest absolute Gasteiger partial charge is 0.372 e. The fourth-order valence-corrected chi connectivity index (χ4v) is 2.83. The van der Waals surface area contributed by atoms with E-state index >= 15 is 0 Å². The van der Waals surface area contributed by atoms with E-state index in [-0.39, 0.29) is 0 Å². The van der Waals surface area contributed by atoms with Crippen LogP contribution >= 0.6 is 0 Å². The first-order valence-electron chi connectivity index (χ1n) is 8.07. The van der Waals surface area contributed by atoms with E-state index in [4.69, 9.17) is 0 Å². The monoisotopic (exact) mass is 296 g/mol. The summed E-state index contributed by atoms with van der Waals surface area (Å²) in [6.07, 6.45) is 6.13. The number of benzene rings is 1. The Hall–Kier alpha value is -2.10. The molecule has 1 saturated heterocycles. The summed E-state index contributed by atoms with van der Waals surface area (Å²) in [7, 11) is 0. The van der Waals surface area contributed by atoms with Crippen LogP contribution in [0.25, 0.3) is 0 Å². The Morgan fingerprint density at radius 1 is 1.14 bits per heavy atom. The number of hydrogen-bond donors (Lipinski definition) is 1. The molecule has 2 heterocycles. The molecule has 1 fully saturated rings. The minimum Gasteiger partial charge on any atom is -0.372 e. The number of nitrogens with zero attached hydrogens (tertiary/aromatic N) is 3. The van der Waals surface area contributed by atoms with Gasteiger partial charge in [0.05, 0.1) is 11.9 Å². The molecule has 1 aliphatic rings. The highest BCUT2D eigenvalue weighted by atomic mass is 15.1. The van der Waals surface area contributed by atoms with E-state index in [2.05, 4.69) is 51.4 Å². The van der Waals surface area contributed by atoms with Gasteiger partial charge in [-0.2, -0.15) is 0 Å². The Morgan fingerprint density at radius 2 is 1.86 bits per heavy atom. The average molecular weight is 296 g/mol. The molecule has 1 N–H and O–H groups in total. The van der Waals surface area contributed by atoms with Crippen molar-refractivity contribution < 1.29 is 0 Å². The minimum atomic E-state index is 0.773. The van der Waals surface area contributed by atoms with Crippen molar-refractivity contribution in [1.29, 1.82) is 0 Å². The van der Waals surface area contributed by atoms with Crippen molar-refractivity contribution >= 4 is 11.5 Å². The van der Waals surface area contributed by atoms with Crippen LogP contribution in [0.5, 0.6) is 0 Å². The molecule has 1 aromatic carbocycles. The molecule has 3 rings (SSSR count). The molecule has 0 atom stereocenters. The highest BCUT2D eigenvalue weighted by molar-refractivity contribution is 5.48. The van der Waals surface area contributed by atoms with E-state index in [1.807, 2.05) is 6.92 Å². The van der Waals surface area contributed by atoms with Crippen molar-refractivity contribution in [2.75, 3.05) is 23.3 Å². The van der Waals surface area contributed by atoms with E-state index in [1.165, 1.54) is 37.2 Å². The van der Waals surface area contributed by atoms with E-state index < -0.39 is 0 Å². The van der Waals surface area contributed by atoms with E-state index in [0.29, 0.717) is 0 Å². The number of rotatable bonds is 4. The minimum absolute atomic E-state index is 0.773. The predicted octanol–water partition coefficient (Wildman–Crippen LogP) is 3.63. The summed E-state index contributed by atoms with van der Waals surface area (Å²) in [6.45, 7) is 7.43. The number of anilines is 2. The maximum Gasteiger partial charge on any atom is 0.145 e. The fourth-order valence-electron chi connectivity index (χ4n) is 2.83. The summed E-state index contributed by atoms with van der Waals surface area (Å²) in [5.41, 5.74) is 3.53. The van der Waals surface area contributed by atoms with Crippen LogP contribution in [0.3, 0.4) is 0 Å². The lowest BCUT2D eigenvalue weighted by Crippen LogP contribution is -2.32. The van der Waals surface area contributed by atoms with Crippen LogP contribution in [0.1, 0.15) is 31.0 Å². The van der Waals surface area contributed by atoms with Gasteiger partial charge in [-0.15, -0.1) is 0 Å². The second kappa shape index (κ2) is 6.77. The summed E-state index contributed by atoms with van der Waals surface area (Å²) in [5, 5.41) is 3.32. The van der Waals surface area contributed by atoms with E-state index in [1.54, 1.807) is 12.4 Å². The number of aryl methyl sites for hydroxylation is 1. The Labute approximate surface area is 132 Å². The first-order chi connectivity index (χ1) is 10.7. The molecule has 1 aliphatic heterocycles.